The Bertz CT molecular complexity index is 488. The fraction of sp³-hybridized carbons (Fsp3) is 0.467. The minimum absolute atomic E-state index is 0. The van der Waals surface area contributed by atoms with Crippen molar-refractivity contribution in [1.82, 2.24) is 10.6 Å². The van der Waals surface area contributed by atoms with Crippen molar-refractivity contribution in [1.29, 1.82) is 0 Å². The van der Waals surface area contributed by atoms with E-state index in [4.69, 9.17) is 0 Å². The van der Waals surface area contributed by atoms with E-state index in [1.807, 2.05) is 7.05 Å². The zero-order valence-corrected chi connectivity index (χ0v) is 14.9. The summed E-state index contributed by atoms with van der Waals surface area (Å²) in [7, 11) is 1.86. The number of halogens is 2. The molecule has 0 aliphatic carbocycles. The average Bonchev–Trinajstić information content (AvgIpc) is 2.51. The van der Waals surface area contributed by atoms with Crippen molar-refractivity contribution in [3.63, 3.8) is 0 Å². The molecule has 3 N–H and O–H groups in total. The van der Waals surface area contributed by atoms with Crippen molar-refractivity contribution in [2.75, 3.05) is 31.2 Å². The van der Waals surface area contributed by atoms with Gasteiger partial charge in [0, 0.05) is 12.2 Å². The Morgan fingerprint density at radius 1 is 1.22 bits per heavy atom. The second-order valence-corrected chi connectivity index (χ2v) is 6.09. The molecule has 130 valence electrons. The normalized spacial score (nSPS) is 11.3. The second kappa shape index (κ2) is 12.2. The molecule has 0 spiro atoms. The standard InChI is InChI=1S/C15H22FN3O2S.ClH/c1-11(15(21)18-9-3-8-17-2)22-10-14(20)19-13-6-4-12(16)5-7-13;/h4-7,11,17H,3,8-10H2,1-2H3,(H,18,21)(H,19,20);1H. The van der Waals surface area contributed by atoms with Crippen LogP contribution in [-0.2, 0) is 9.59 Å². The quantitative estimate of drug-likeness (QED) is 0.587. The Labute approximate surface area is 146 Å². The molecule has 5 nitrogen and oxygen atoms in total. The predicted octanol–water partition coefficient (Wildman–Crippen LogP) is 2.03. The Morgan fingerprint density at radius 3 is 2.48 bits per heavy atom. The van der Waals surface area contributed by atoms with Gasteiger partial charge in [-0.05, 0) is 51.2 Å². The number of amides is 2. The van der Waals surface area contributed by atoms with Crippen LogP contribution >= 0.6 is 24.2 Å². The molecule has 8 heteroatoms. The van der Waals surface area contributed by atoms with E-state index in [0.29, 0.717) is 12.2 Å². The van der Waals surface area contributed by atoms with Crippen LogP contribution in [0, 0.1) is 5.82 Å². The van der Waals surface area contributed by atoms with Gasteiger partial charge in [0.1, 0.15) is 5.82 Å². The molecule has 1 aromatic rings. The topological polar surface area (TPSA) is 70.2 Å². The summed E-state index contributed by atoms with van der Waals surface area (Å²) in [5.74, 6) is -0.472. The smallest absolute Gasteiger partial charge is 0.234 e. The molecule has 1 atom stereocenters. The lowest BCUT2D eigenvalue weighted by Crippen LogP contribution is -2.33. The van der Waals surface area contributed by atoms with Crippen LogP contribution in [0.4, 0.5) is 10.1 Å². The summed E-state index contributed by atoms with van der Waals surface area (Å²) in [5, 5.41) is 8.19. The SMILES string of the molecule is CNCCCNC(=O)C(C)SCC(=O)Nc1ccc(F)cc1.Cl. The number of hydrogen-bond acceptors (Lipinski definition) is 4. The molecule has 1 unspecified atom stereocenters. The van der Waals surface area contributed by atoms with Crippen molar-refractivity contribution < 1.29 is 14.0 Å². The minimum atomic E-state index is -0.351. The van der Waals surface area contributed by atoms with E-state index in [9.17, 15) is 14.0 Å². The lowest BCUT2D eigenvalue weighted by Gasteiger charge is -2.12. The van der Waals surface area contributed by atoms with Crippen molar-refractivity contribution >= 4 is 41.7 Å². The van der Waals surface area contributed by atoms with Crippen LogP contribution in [0.15, 0.2) is 24.3 Å². The third kappa shape index (κ3) is 9.43. The first-order chi connectivity index (χ1) is 10.5. The maximum Gasteiger partial charge on any atom is 0.234 e. The third-order valence-corrected chi connectivity index (χ3v) is 4.01. The maximum atomic E-state index is 12.8. The molecule has 0 saturated carbocycles. The first-order valence-corrected chi connectivity index (χ1v) is 8.17. The molecule has 0 bridgehead atoms. The van der Waals surface area contributed by atoms with Gasteiger partial charge in [0.25, 0.3) is 0 Å². The molecule has 0 fully saturated rings. The summed E-state index contributed by atoms with van der Waals surface area (Å²) in [6.45, 7) is 3.23. The van der Waals surface area contributed by atoms with E-state index in [-0.39, 0.29) is 41.0 Å². The van der Waals surface area contributed by atoms with Gasteiger partial charge in [-0.3, -0.25) is 9.59 Å². The number of rotatable bonds is 9. The Kier molecular flexibility index (Phi) is 11.5. The zero-order valence-electron chi connectivity index (χ0n) is 13.2. The van der Waals surface area contributed by atoms with Gasteiger partial charge in [0.2, 0.25) is 11.8 Å². The van der Waals surface area contributed by atoms with E-state index < -0.39 is 0 Å². The number of hydrogen-bond donors (Lipinski definition) is 3. The summed E-state index contributed by atoms with van der Waals surface area (Å²) in [5.41, 5.74) is 0.538. The highest BCUT2D eigenvalue weighted by Crippen LogP contribution is 2.13. The summed E-state index contributed by atoms with van der Waals surface area (Å²) in [6.07, 6.45) is 0.866. The first kappa shape index (κ1) is 21.7. The van der Waals surface area contributed by atoms with Crippen LogP contribution in [0.5, 0.6) is 0 Å². The van der Waals surface area contributed by atoms with Crippen molar-refractivity contribution in [3.8, 4) is 0 Å². The lowest BCUT2D eigenvalue weighted by molar-refractivity contribution is -0.120. The van der Waals surface area contributed by atoms with E-state index in [1.54, 1.807) is 6.92 Å². The highest BCUT2D eigenvalue weighted by atomic mass is 35.5. The fourth-order valence-corrected chi connectivity index (χ4v) is 2.34. The molecule has 23 heavy (non-hydrogen) atoms. The number of nitrogens with one attached hydrogen (secondary N) is 3. The van der Waals surface area contributed by atoms with Crippen LogP contribution in [0.25, 0.3) is 0 Å². The van der Waals surface area contributed by atoms with E-state index in [2.05, 4.69) is 16.0 Å². The van der Waals surface area contributed by atoms with E-state index >= 15 is 0 Å². The Balaban J connectivity index is 0.00000484. The van der Waals surface area contributed by atoms with Crippen LogP contribution in [-0.4, -0.2) is 43.0 Å². The minimum Gasteiger partial charge on any atom is -0.355 e. The van der Waals surface area contributed by atoms with Gasteiger partial charge in [-0.1, -0.05) is 0 Å². The fourth-order valence-electron chi connectivity index (χ4n) is 1.63. The molecule has 0 heterocycles. The largest absolute Gasteiger partial charge is 0.355 e. The molecule has 0 aromatic heterocycles. The first-order valence-electron chi connectivity index (χ1n) is 7.12. The number of anilines is 1. The Morgan fingerprint density at radius 2 is 1.87 bits per heavy atom. The van der Waals surface area contributed by atoms with Gasteiger partial charge in [0.05, 0.1) is 11.0 Å². The van der Waals surface area contributed by atoms with E-state index in [0.717, 1.165) is 13.0 Å². The number of carbonyl (C=O) groups excluding carboxylic acids is 2. The predicted molar refractivity (Wildman–Crippen MR) is 95.8 cm³/mol. The molecular formula is C15H23ClFN3O2S. The molecular weight excluding hydrogens is 341 g/mol. The monoisotopic (exact) mass is 363 g/mol. The van der Waals surface area contributed by atoms with Crippen LogP contribution < -0.4 is 16.0 Å². The average molecular weight is 364 g/mol. The third-order valence-electron chi connectivity index (χ3n) is 2.86. The van der Waals surface area contributed by atoms with Gasteiger partial charge < -0.3 is 16.0 Å². The highest BCUT2D eigenvalue weighted by Gasteiger charge is 2.14. The summed E-state index contributed by atoms with van der Waals surface area (Å²) in [6, 6.07) is 5.56. The van der Waals surface area contributed by atoms with Crippen molar-refractivity contribution in [2.45, 2.75) is 18.6 Å². The van der Waals surface area contributed by atoms with Crippen molar-refractivity contribution in [3.05, 3.63) is 30.1 Å². The molecule has 0 saturated heterocycles. The lowest BCUT2D eigenvalue weighted by atomic mass is 10.3. The van der Waals surface area contributed by atoms with Crippen LogP contribution in [0.2, 0.25) is 0 Å². The van der Waals surface area contributed by atoms with Crippen molar-refractivity contribution in [2.24, 2.45) is 0 Å². The van der Waals surface area contributed by atoms with Gasteiger partial charge in [-0.2, -0.15) is 0 Å². The Hall–Kier alpha value is -1.31. The maximum absolute atomic E-state index is 12.8. The molecule has 1 rings (SSSR count). The summed E-state index contributed by atoms with van der Waals surface area (Å²) >= 11 is 1.27. The zero-order chi connectivity index (χ0) is 16.4. The number of carbonyl (C=O) groups is 2. The molecule has 1 aromatic carbocycles. The summed E-state index contributed by atoms with van der Waals surface area (Å²) < 4.78 is 12.8. The summed E-state index contributed by atoms with van der Waals surface area (Å²) in [4.78, 5) is 23.5. The van der Waals surface area contributed by atoms with Crippen LogP contribution in [0.3, 0.4) is 0 Å². The van der Waals surface area contributed by atoms with Gasteiger partial charge >= 0.3 is 0 Å². The van der Waals surface area contributed by atoms with Crippen LogP contribution in [0.1, 0.15) is 13.3 Å². The number of thioether (sulfide) groups is 1. The van der Waals surface area contributed by atoms with Gasteiger partial charge in [-0.15, -0.1) is 24.2 Å². The number of benzene rings is 1. The molecule has 2 amide bonds. The highest BCUT2D eigenvalue weighted by molar-refractivity contribution is 8.01. The second-order valence-electron chi connectivity index (χ2n) is 4.76. The van der Waals surface area contributed by atoms with Gasteiger partial charge in [-0.25, -0.2) is 4.39 Å². The molecule has 0 radical (unpaired) electrons. The van der Waals surface area contributed by atoms with Gasteiger partial charge in [0.15, 0.2) is 0 Å². The van der Waals surface area contributed by atoms with E-state index in [1.165, 1.54) is 36.0 Å². The molecule has 0 aliphatic heterocycles. The molecule has 0 aliphatic rings.